The molecule has 0 unspecified atom stereocenters. The van der Waals surface area contributed by atoms with Gasteiger partial charge in [-0.3, -0.25) is 14.7 Å². The lowest BCUT2D eigenvalue weighted by molar-refractivity contribution is -0.120. The van der Waals surface area contributed by atoms with Crippen LogP contribution in [0.2, 0.25) is 0 Å². The first-order chi connectivity index (χ1) is 7.24. The second-order valence-corrected chi connectivity index (χ2v) is 2.87. The van der Waals surface area contributed by atoms with Crippen molar-refractivity contribution in [2.75, 3.05) is 13.1 Å². The first kappa shape index (κ1) is 11.2. The summed E-state index contributed by atoms with van der Waals surface area (Å²) in [5.74, 6) is -0.567. The van der Waals surface area contributed by atoms with E-state index in [1.807, 2.05) is 6.92 Å². The van der Waals surface area contributed by atoms with E-state index in [2.05, 4.69) is 25.8 Å². The van der Waals surface area contributed by atoms with Gasteiger partial charge in [-0.15, -0.1) is 0 Å². The summed E-state index contributed by atoms with van der Waals surface area (Å²) in [5, 5.41) is 11.0. The van der Waals surface area contributed by atoms with Gasteiger partial charge in [0.05, 0.1) is 6.54 Å². The number of hydrogen-bond donors (Lipinski definition) is 3. The van der Waals surface area contributed by atoms with Crippen LogP contribution in [0, 0.1) is 0 Å². The Morgan fingerprint density at radius 3 is 2.87 bits per heavy atom. The van der Waals surface area contributed by atoms with E-state index in [0.29, 0.717) is 6.54 Å². The maximum Gasteiger partial charge on any atom is 0.289 e. The molecule has 0 saturated carbocycles. The van der Waals surface area contributed by atoms with E-state index in [1.165, 1.54) is 6.33 Å². The highest BCUT2D eigenvalue weighted by atomic mass is 16.2. The predicted molar refractivity (Wildman–Crippen MR) is 52.0 cm³/mol. The molecule has 2 amide bonds. The molecule has 0 saturated heterocycles. The lowest BCUT2D eigenvalue weighted by atomic mass is 10.4. The van der Waals surface area contributed by atoms with Crippen LogP contribution in [0.1, 0.15) is 24.0 Å². The number of nitrogens with zero attached hydrogens (tertiary/aromatic N) is 2. The third kappa shape index (κ3) is 3.75. The van der Waals surface area contributed by atoms with Crippen LogP contribution in [-0.2, 0) is 4.79 Å². The molecular weight excluding hydrogens is 198 g/mol. The van der Waals surface area contributed by atoms with Gasteiger partial charge in [0.15, 0.2) is 0 Å². The molecule has 1 aromatic rings. The minimum Gasteiger partial charge on any atom is -0.355 e. The number of rotatable bonds is 5. The van der Waals surface area contributed by atoms with E-state index in [0.717, 1.165) is 6.42 Å². The monoisotopic (exact) mass is 211 g/mol. The maximum atomic E-state index is 11.3. The second kappa shape index (κ2) is 5.74. The van der Waals surface area contributed by atoms with Gasteiger partial charge in [0.25, 0.3) is 5.91 Å². The molecule has 0 fully saturated rings. The third-order valence-electron chi connectivity index (χ3n) is 1.61. The van der Waals surface area contributed by atoms with Crippen LogP contribution in [0.25, 0.3) is 0 Å². The molecule has 7 nitrogen and oxygen atoms in total. The van der Waals surface area contributed by atoms with Crippen molar-refractivity contribution in [3.8, 4) is 0 Å². The summed E-state index contributed by atoms with van der Waals surface area (Å²) in [6, 6.07) is 0. The third-order valence-corrected chi connectivity index (χ3v) is 1.61. The first-order valence-electron chi connectivity index (χ1n) is 4.64. The zero-order valence-electron chi connectivity index (χ0n) is 8.41. The van der Waals surface area contributed by atoms with Crippen molar-refractivity contribution >= 4 is 11.8 Å². The van der Waals surface area contributed by atoms with Crippen LogP contribution in [0.4, 0.5) is 0 Å². The SMILES string of the molecule is CCCNC(=O)CNC(=O)c1ncn[nH]1. The van der Waals surface area contributed by atoms with E-state index >= 15 is 0 Å². The van der Waals surface area contributed by atoms with Crippen LogP contribution >= 0.6 is 0 Å². The Labute approximate surface area is 86.7 Å². The molecule has 0 spiro atoms. The van der Waals surface area contributed by atoms with E-state index in [9.17, 15) is 9.59 Å². The van der Waals surface area contributed by atoms with Crippen molar-refractivity contribution < 1.29 is 9.59 Å². The first-order valence-corrected chi connectivity index (χ1v) is 4.64. The van der Waals surface area contributed by atoms with Crippen LogP contribution in [-0.4, -0.2) is 40.1 Å². The van der Waals surface area contributed by atoms with Gasteiger partial charge in [-0.2, -0.15) is 5.10 Å². The molecule has 0 bridgehead atoms. The summed E-state index contributed by atoms with van der Waals surface area (Å²) >= 11 is 0. The maximum absolute atomic E-state index is 11.3. The number of aromatic amines is 1. The van der Waals surface area contributed by atoms with Gasteiger partial charge in [-0.05, 0) is 6.42 Å². The Bertz CT molecular complexity index is 322. The number of hydrogen-bond acceptors (Lipinski definition) is 4. The molecule has 3 N–H and O–H groups in total. The van der Waals surface area contributed by atoms with Crippen molar-refractivity contribution in [2.24, 2.45) is 0 Å². The van der Waals surface area contributed by atoms with E-state index in [4.69, 9.17) is 0 Å². The largest absolute Gasteiger partial charge is 0.355 e. The fraction of sp³-hybridized carbons (Fsp3) is 0.500. The molecule has 82 valence electrons. The molecule has 1 aromatic heterocycles. The molecule has 0 aliphatic rings. The van der Waals surface area contributed by atoms with Crippen LogP contribution in [0.3, 0.4) is 0 Å². The molecular formula is C8H13N5O2. The van der Waals surface area contributed by atoms with Crippen LogP contribution in [0.15, 0.2) is 6.33 Å². The number of carbonyl (C=O) groups is 2. The average molecular weight is 211 g/mol. The highest BCUT2D eigenvalue weighted by Gasteiger charge is 2.09. The van der Waals surface area contributed by atoms with E-state index in [-0.39, 0.29) is 18.3 Å². The standard InChI is InChI=1S/C8H13N5O2/c1-2-3-9-6(14)4-10-8(15)7-11-5-12-13-7/h5H,2-4H2,1H3,(H,9,14)(H,10,15)(H,11,12,13). The van der Waals surface area contributed by atoms with Crippen molar-refractivity contribution in [3.05, 3.63) is 12.2 Å². The van der Waals surface area contributed by atoms with Gasteiger partial charge in [0, 0.05) is 6.54 Å². The Morgan fingerprint density at radius 2 is 2.27 bits per heavy atom. The summed E-state index contributed by atoms with van der Waals surface area (Å²) in [4.78, 5) is 26.0. The fourth-order valence-electron chi connectivity index (χ4n) is 0.886. The zero-order valence-corrected chi connectivity index (χ0v) is 8.41. The molecule has 0 aliphatic heterocycles. The number of amides is 2. The second-order valence-electron chi connectivity index (χ2n) is 2.87. The Morgan fingerprint density at radius 1 is 1.47 bits per heavy atom. The smallest absolute Gasteiger partial charge is 0.289 e. The van der Waals surface area contributed by atoms with Crippen molar-refractivity contribution in [2.45, 2.75) is 13.3 Å². The van der Waals surface area contributed by atoms with E-state index in [1.54, 1.807) is 0 Å². The molecule has 0 atom stereocenters. The number of carbonyl (C=O) groups excluding carboxylic acids is 2. The number of nitrogens with one attached hydrogen (secondary N) is 3. The molecule has 1 heterocycles. The van der Waals surface area contributed by atoms with Crippen LogP contribution < -0.4 is 10.6 Å². The van der Waals surface area contributed by atoms with Gasteiger partial charge in [-0.25, -0.2) is 4.98 Å². The lowest BCUT2D eigenvalue weighted by Crippen LogP contribution is -2.37. The molecule has 7 heteroatoms. The summed E-state index contributed by atoms with van der Waals surface area (Å²) < 4.78 is 0. The highest BCUT2D eigenvalue weighted by molar-refractivity contribution is 5.93. The molecule has 0 aliphatic carbocycles. The van der Waals surface area contributed by atoms with Crippen molar-refractivity contribution in [1.29, 1.82) is 0 Å². The summed E-state index contributed by atoms with van der Waals surface area (Å²) in [7, 11) is 0. The zero-order chi connectivity index (χ0) is 11.1. The predicted octanol–water partition coefficient (Wildman–Crippen LogP) is -0.939. The highest BCUT2D eigenvalue weighted by Crippen LogP contribution is 1.83. The Hall–Kier alpha value is -1.92. The Balaban J connectivity index is 2.25. The van der Waals surface area contributed by atoms with Crippen molar-refractivity contribution in [3.63, 3.8) is 0 Å². The topological polar surface area (TPSA) is 99.8 Å². The molecule has 1 rings (SSSR count). The average Bonchev–Trinajstić information content (AvgIpc) is 2.76. The summed E-state index contributed by atoms with van der Waals surface area (Å²) in [6.07, 6.45) is 2.09. The summed E-state index contributed by atoms with van der Waals surface area (Å²) in [6.45, 7) is 2.50. The summed E-state index contributed by atoms with van der Waals surface area (Å²) in [5.41, 5.74) is 0. The minimum atomic E-state index is -0.445. The number of aromatic nitrogens is 3. The van der Waals surface area contributed by atoms with Gasteiger partial charge in [-0.1, -0.05) is 6.92 Å². The van der Waals surface area contributed by atoms with E-state index < -0.39 is 5.91 Å². The fourth-order valence-corrected chi connectivity index (χ4v) is 0.886. The normalized spacial score (nSPS) is 9.67. The van der Waals surface area contributed by atoms with Crippen LogP contribution in [0.5, 0.6) is 0 Å². The van der Waals surface area contributed by atoms with Gasteiger partial charge in [0.2, 0.25) is 11.7 Å². The quantitative estimate of drug-likeness (QED) is 0.585. The number of H-pyrrole nitrogens is 1. The molecule has 0 aromatic carbocycles. The minimum absolute atomic E-state index is 0.0560. The van der Waals surface area contributed by atoms with Gasteiger partial charge < -0.3 is 10.6 Å². The molecule has 15 heavy (non-hydrogen) atoms. The Kier molecular flexibility index (Phi) is 4.27. The van der Waals surface area contributed by atoms with Crippen molar-refractivity contribution in [1.82, 2.24) is 25.8 Å². The molecule has 0 radical (unpaired) electrons. The lowest BCUT2D eigenvalue weighted by Gasteiger charge is -2.03. The van der Waals surface area contributed by atoms with Gasteiger partial charge >= 0.3 is 0 Å². The van der Waals surface area contributed by atoms with Gasteiger partial charge in [0.1, 0.15) is 6.33 Å².